The van der Waals surface area contributed by atoms with Gasteiger partial charge in [-0.1, -0.05) is 24.9 Å². The molecule has 1 aliphatic rings. The molecule has 6 nitrogen and oxygen atoms in total. The van der Waals surface area contributed by atoms with Gasteiger partial charge in [0.2, 0.25) is 0 Å². The Bertz CT molecular complexity index is 835. The van der Waals surface area contributed by atoms with E-state index in [-0.39, 0.29) is 18.4 Å². The number of hydrogen-bond acceptors (Lipinski definition) is 5. The van der Waals surface area contributed by atoms with Crippen molar-refractivity contribution in [2.45, 2.75) is 33.1 Å². The van der Waals surface area contributed by atoms with E-state index in [0.29, 0.717) is 32.7 Å². The summed E-state index contributed by atoms with van der Waals surface area (Å²) in [6.45, 7) is 3.89. The van der Waals surface area contributed by atoms with E-state index in [1.54, 1.807) is 12.1 Å². The number of amides is 2. The number of aromatic nitrogens is 1. The lowest BCUT2D eigenvalue weighted by Crippen LogP contribution is -2.25. The van der Waals surface area contributed by atoms with Crippen LogP contribution in [-0.4, -0.2) is 23.4 Å². The Balaban J connectivity index is 1.79. The highest BCUT2D eigenvalue weighted by molar-refractivity contribution is 7.13. The van der Waals surface area contributed by atoms with Crippen LogP contribution < -0.4 is 15.4 Å². The predicted octanol–water partition coefficient (Wildman–Crippen LogP) is 4.03. The first kappa shape index (κ1) is 17.7. The van der Waals surface area contributed by atoms with Gasteiger partial charge in [-0.15, -0.1) is 11.3 Å². The van der Waals surface area contributed by atoms with Crippen molar-refractivity contribution in [3.05, 3.63) is 32.7 Å². The maximum absolute atomic E-state index is 12.6. The Hall–Kier alpha value is -2.12. The van der Waals surface area contributed by atoms with E-state index in [9.17, 15) is 9.59 Å². The van der Waals surface area contributed by atoms with Crippen LogP contribution in [-0.2, 0) is 11.2 Å². The molecule has 2 aromatic rings. The molecule has 0 bridgehead atoms. The van der Waals surface area contributed by atoms with Crippen molar-refractivity contribution >= 4 is 46.1 Å². The minimum absolute atomic E-state index is 0.0588. The largest absolute Gasteiger partial charge is 0.482 e. The highest BCUT2D eigenvalue weighted by atomic mass is 35.5. The average molecular weight is 380 g/mol. The molecular formula is C17H18ClN3O3S. The van der Waals surface area contributed by atoms with Gasteiger partial charge in [-0.3, -0.25) is 9.59 Å². The topological polar surface area (TPSA) is 80.3 Å². The van der Waals surface area contributed by atoms with Crippen molar-refractivity contribution < 1.29 is 14.3 Å². The van der Waals surface area contributed by atoms with Crippen molar-refractivity contribution in [1.82, 2.24) is 4.98 Å². The average Bonchev–Trinajstić information content (AvgIpc) is 2.94. The quantitative estimate of drug-likeness (QED) is 0.821. The minimum atomic E-state index is -0.251. The zero-order valence-corrected chi connectivity index (χ0v) is 15.5. The molecular weight excluding hydrogens is 362 g/mol. The van der Waals surface area contributed by atoms with Gasteiger partial charge in [-0.2, -0.15) is 0 Å². The highest BCUT2D eigenvalue weighted by Crippen LogP contribution is 2.36. The number of thiazole rings is 1. The van der Waals surface area contributed by atoms with E-state index < -0.39 is 0 Å². The zero-order valence-electron chi connectivity index (χ0n) is 13.9. The SMILES string of the molecule is CCCCc1nc(C)c(C(=O)Nc2cc3c(cc2Cl)NC(=O)CO3)s1. The molecule has 0 radical (unpaired) electrons. The second-order valence-corrected chi connectivity index (χ2v) is 7.24. The number of nitrogens with one attached hydrogen (secondary N) is 2. The minimum Gasteiger partial charge on any atom is -0.482 e. The summed E-state index contributed by atoms with van der Waals surface area (Å²) in [5.74, 6) is -0.0105. The molecule has 25 heavy (non-hydrogen) atoms. The molecule has 3 rings (SSSR count). The summed E-state index contributed by atoms with van der Waals surface area (Å²) in [4.78, 5) is 29.0. The fourth-order valence-electron chi connectivity index (χ4n) is 2.47. The van der Waals surface area contributed by atoms with Gasteiger partial charge in [0.1, 0.15) is 10.6 Å². The van der Waals surface area contributed by atoms with Crippen LogP contribution in [0.3, 0.4) is 0 Å². The van der Waals surface area contributed by atoms with Crippen molar-refractivity contribution in [2.75, 3.05) is 17.2 Å². The van der Waals surface area contributed by atoms with E-state index in [1.165, 1.54) is 11.3 Å². The fourth-order valence-corrected chi connectivity index (χ4v) is 3.69. The van der Waals surface area contributed by atoms with Crippen molar-refractivity contribution in [1.29, 1.82) is 0 Å². The van der Waals surface area contributed by atoms with Gasteiger partial charge < -0.3 is 15.4 Å². The molecule has 2 amide bonds. The number of halogens is 1. The van der Waals surface area contributed by atoms with E-state index in [1.807, 2.05) is 6.92 Å². The van der Waals surface area contributed by atoms with E-state index >= 15 is 0 Å². The van der Waals surface area contributed by atoms with Crippen LogP contribution in [0, 0.1) is 6.92 Å². The fraction of sp³-hybridized carbons (Fsp3) is 0.353. The van der Waals surface area contributed by atoms with E-state index in [2.05, 4.69) is 22.5 Å². The first-order valence-electron chi connectivity index (χ1n) is 8.01. The molecule has 2 N–H and O–H groups in total. The molecule has 8 heteroatoms. The Morgan fingerprint density at radius 2 is 2.28 bits per heavy atom. The van der Waals surface area contributed by atoms with Crippen LogP contribution in [0.15, 0.2) is 12.1 Å². The molecule has 0 fully saturated rings. The number of unbranched alkanes of at least 4 members (excludes halogenated alkanes) is 1. The Labute approximate surface area is 154 Å². The van der Waals surface area contributed by atoms with E-state index in [0.717, 1.165) is 24.3 Å². The van der Waals surface area contributed by atoms with Gasteiger partial charge in [0.25, 0.3) is 11.8 Å². The van der Waals surface area contributed by atoms with Gasteiger partial charge in [0, 0.05) is 6.07 Å². The third-order valence-corrected chi connectivity index (χ3v) is 5.27. The van der Waals surface area contributed by atoms with Crippen LogP contribution in [0.1, 0.15) is 40.1 Å². The molecule has 1 aromatic carbocycles. The summed E-state index contributed by atoms with van der Waals surface area (Å²) in [6, 6.07) is 3.18. The molecule has 2 heterocycles. The van der Waals surface area contributed by atoms with Gasteiger partial charge in [0.05, 0.1) is 27.1 Å². The molecule has 132 valence electrons. The summed E-state index contributed by atoms with van der Waals surface area (Å²) in [6.07, 6.45) is 3.01. The van der Waals surface area contributed by atoms with Crippen molar-refractivity contribution in [3.63, 3.8) is 0 Å². The lowest BCUT2D eigenvalue weighted by Gasteiger charge is -2.19. The van der Waals surface area contributed by atoms with Crippen LogP contribution in [0.5, 0.6) is 5.75 Å². The molecule has 0 saturated carbocycles. The lowest BCUT2D eigenvalue weighted by molar-refractivity contribution is -0.118. The summed E-state index contributed by atoms with van der Waals surface area (Å²) in [7, 11) is 0. The third-order valence-electron chi connectivity index (χ3n) is 3.74. The standard InChI is InChI=1S/C17H18ClN3O3S/c1-3-4-5-15-19-9(2)16(25-15)17(23)21-11-7-13-12(6-10(11)18)20-14(22)8-24-13/h6-7H,3-5,8H2,1-2H3,(H,20,22)(H,21,23). The van der Waals surface area contributed by atoms with Crippen LogP contribution in [0.25, 0.3) is 0 Å². The van der Waals surface area contributed by atoms with Gasteiger partial charge in [-0.05, 0) is 25.8 Å². The number of nitrogens with zero attached hydrogens (tertiary/aromatic N) is 1. The number of carbonyl (C=O) groups excluding carboxylic acids is 2. The number of fused-ring (bicyclic) bond motifs is 1. The predicted molar refractivity (Wildman–Crippen MR) is 99.0 cm³/mol. The second kappa shape index (κ2) is 7.41. The smallest absolute Gasteiger partial charge is 0.267 e. The molecule has 0 aliphatic carbocycles. The number of hydrogen-bond donors (Lipinski definition) is 2. The van der Waals surface area contributed by atoms with E-state index in [4.69, 9.17) is 16.3 Å². The number of benzene rings is 1. The second-order valence-electron chi connectivity index (χ2n) is 5.74. The van der Waals surface area contributed by atoms with Crippen molar-refractivity contribution in [3.8, 4) is 5.75 Å². The molecule has 1 aliphatic heterocycles. The van der Waals surface area contributed by atoms with Crippen LogP contribution in [0.4, 0.5) is 11.4 Å². The molecule has 0 saturated heterocycles. The summed E-state index contributed by atoms with van der Waals surface area (Å²) < 4.78 is 5.36. The zero-order chi connectivity index (χ0) is 18.0. The van der Waals surface area contributed by atoms with Crippen LogP contribution in [0.2, 0.25) is 5.02 Å². The Morgan fingerprint density at radius 3 is 3.04 bits per heavy atom. The molecule has 0 spiro atoms. The number of rotatable bonds is 5. The van der Waals surface area contributed by atoms with Crippen molar-refractivity contribution in [2.24, 2.45) is 0 Å². The monoisotopic (exact) mass is 379 g/mol. The Kier molecular flexibility index (Phi) is 5.24. The number of ether oxygens (including phenoxy) is 1. The maximum atomic E-state index is 12.6. The first-order valence-corrected chi connectivity index (χ1v) is 9.21. The lowest BCUT2D eigenvalue weighted by atomic mass is 10.2. The Morgan fingerprint density at radius 1 is 1.48 bits per heavy atom. The van der Waals surface area contributed by atoms with Gasteiger partial charge in [-0.25, -0.2) is 4.98 Å². The normalized spacial score (nSPS) is 13.0. The van der Waals surface area contributed by atoms with Gasteiger partial charge in [0.15, 0.2) is 6.61 Å². The summed E-state index contributed by atoms with van der Waals surface area (Å²) in [5, 5.41) is 6.77. The molecule has 0 unspecified atom stereocenters. The number of anilines is 2. The first-order chi connectivity index (χ1) is 12.0. The molecule has 0 atom stereocenters. The number of aryl methyl sites for hydroxylation is 2. The van der Waals surface area contributed by atoms with Crippen LogP contribution >= 0.6 is 22.9 Å². The highest BCUT2D eigenvalue weighted by Gasteiger charge is 2.21. The summed E-state index contributed by atoms with van der Waals surface area (Å²) in [5.41, 5.74) is 1.64. The van der Waals surface area contributed by atoms with Gasteiger partial charge >= 0.3 is 0 Å². The third kappa shape index (κ3) is 3.93. The maximum Gasteiger partial charge on any atom is 0.267 e. The summed E-state index contributed by atoms with van der Waals surface area (Å²) >= 11 is 7.63. The molecule has 1 aromatic heterocycles. The number of carbonyl (C=O) groups is 2.